The van der Waals surface area contributed by atoms with Crippen LogP contribution in [0.1, 0.15) is 18.2 Å². The lowest BCUT2D eigenvalue weighted by molar-refractivity contribution is 0.180. The van der Waals surface area contributed by atoms with Gasteiger partial charge in [0.15, 0.2) is 0 Å². The second kappa shape index (κ2) is 2.84. The highest BCUT2D eigenvalue weighted by Crippen LogP contribution is 2.33. The summed E-state index contributed by atoms with van der Waals surface area (Å²) in [6.45, 7) is 0.932. The average molecular weight is 252 g/mol. The summed E-state index contributed by atoms with van der Waals surface area (Å²) in [5.74, 6) is 0. The standard InChI is InChI=1S/C11H10BrNO/c12-8-1-2-9-7(5-8)6-10-11(14)3-4-13(9)10/h1-2,5-6,11,14H,3-4H2. The number of hydrogen-bond donors (Lipinski definition) is 1. The Morgan fingerprint density at radius 1 is 1.36 bits per heavy atom. The molecule has 0 amide bonds. The van der Waals surface area contributed by atoms with Crippen LogP contribution in [0.15, 0.2) is 28.7 Å². The molecule has 14 heavy (non-hydrogen) atoms. The van der Waals surface area contributed by atoms with Crippen LogP contribution in [0, 0.1) is 0 Å². The van der Waals surface area contributed by atoms with Crippen molar-refractivity contribution in [2.24, 2.45) is 0 Å². The van der Waals surface area contributed by atoms with E-state index < -0.39 is 0 Å². The van der Waals surface area contributed by atoms with Gasteiger partial charge in [0.25, 0.3) is 0 Å². The zero-order valence-corrected chi connectivity index (χ0v) is 9.16. The number of benzene rings is 1. The van der Waals surface area contributed by atoms with Crippen LogP contribution in [0.25, 0.3) is 10.9 Å². The Labute approximate surface area is 90.3 Å². The van der Waals surface area contributed by atoms with Gasteiger partial charge in [0.1, 0.15) is 0 Å². The highest BCUT2D eigenvalue weighted by Gasteiger charge is 2.22. The van der Waals surface area contributed by atoms with Crippen LogP contribution >= 0.6 is 15.9 Å². The molecule has 3 heteroatoms. The average Bonchev–Trinajstić information content (AvgIpc) is 2.66. The Balaban J connectivity index is 2.34. The van der Waals surface area contributed by atoms with E-state index in [1.807, 2.05) is 6.07 Å². The maximum atomic E-state index is 9.72. The molecule has 0 fully saturated rings. The minimum absolute atomic E-state index is 0.277. The number of fused-ring (bicyclic) bond motifs is 3. The fraction of sp³-hybridized carbons (Fsp3) is 0.273. The number of nitrogens with zero attached hydrogens (tertiary/aromatic N) is 1. The number of aliphatic hydroxyl groups is 1. The first-order valence-corrected chi connectivity index (χ1v) is 5.52. The molecule has 2 nitrogen and oxygen atoms in total. The lowest BCUT2D eigenvalue weighted by Gasteiger charge is -1.99. The van der Waals surface area contributed by atoms with Crippen LogP contribution < -0.4 is 0 Å². The highest BCUT2D eigenvalue weighted by atomic mass is 79.9. The molecule has 72 valence electrons. The molecule has 1 unspecified atom stereocenters. The lowest BCUT2D eigenvalue weighted by atomic mass is 10.2. The summed E-state index contributed by atoms with van der Waals surface area (Å²) in [6.07, 6.45) is 0.572. The summed E-state index contributed by atoms with van der Waals surface area (Å²) in [5, 5.41) is 10.9. The van der Waals surface area contributed by atoms with Crippen molar-refractivity contribution in [2.75, 3.05) is 0 Å². The van der Waals surface area contributed by atoms with Gasteiger partial charge in [0.2, 0.25) is 0 Å². The molecule has 0 saturated carbocycles. The Morgan fingerprint density at radius 3 is 3.07 bits per heavy atom. The third-order valence-electron chi connectivity index (χ3n) is 2.86. The van der Waals surface area contributed by atoms with Crippen molar-refractivity contribution in [1.82, 2.24) is 4.57 Å². The number of hydrogen-bond acceptors (Lipinski definition) is 1. The van der Waals surface area contributed by atoms with Crippen molar-refractivity contribution in [3.05, 3.63) is 34.4 Å². The van der Waals surface area contributed by atoms with Crippen molar-refractivity contribution < 1.29 is 5.11 Å². The van der Waals surface area contributed by atoms with Gasteiger partial charge in [0.05, 0.1) is 6.10 Å². The van der Waals surface area contributed by atoms with Crippen molar-refractivity contribution in [3.63, 3.8) is 0 Å². The fourth-order valence-electron chi connectivity index (χ4n) is 2.19. The van der Waals surface area contributed by atoms with Gasteiger partial charge in [-0.25, -0.2) is 0 Å². The minimum atomic E-state index is -0.277. The third-order valence-corrected chi connectivity index (χ3v) is 3.36. The SMILES string of the molecule is OC1CCn2c1cc1cc(Br)ccc12. The van der Waals surface area contributed by atoms with E-state index in [4.69, 9.17) is 0 Å². The zero-order valence-electron chi connectivity index (χ0n) is 7.57. The van der Waals surface area contributed by atoms with E-state index in [9.17, 15) is 5.11 Å². The predicted octanol–water partition coefficient (Wildman–Crippen LogP) is 2.84. The second-order valence-electron chi connectivity index (χ2n) is 3.73. The topological polar surface area (TPSA) is 25.2 Å². The molecule has 0 aliphatic carbocycles. The largest absolute Gasteiger partial charge is 0.387 e. The van der Waals surface area contributed by atoms with Crippen LogP contribution in [0.3, 0.4) is 0 Å². The first kappa shape index (κ1) is 8.50. The number of aryl methyl sites for hydroxylation is 1. The van der Waals surface area contributed by atoms with Gasteiger partial charge in [-0.15, -0.1) is 0 Å². The van der Waals surface area contributed by atoms with Crippen LogP contribution in [0.4, 0.5) is 0 Å². The molecule has 2 aromatic rings. The minimum Gasteiger partial charge on any atom is -0.387 e. The van der Waals surface area contributed by atoms with Crippen molar-refractivity contribution in [2.45, 2.75) is 19.1 Å². The normalized spacial score (nSPS) is 20.3. The number of aliphatic hydroxyl groups excluding tert-OH is 1. The summed E-state index contributed by atoms with van der Waals surface area (Å²) in [7, 11) is 0. The number of rotatable bonds is 0. The molecule has 1 aliphatic heterocycles. The summed E-state index contributed by atoms with van der Waals surface area (Å²) in [6, 6.07) is 8.31. The monoisotopic (exact) mass is 251 g/mol. The molecular weight excluding hydrogens is 242 g/mol. The smallest absolute Gasteiger partial charge is 0.0957 e. The molecule has 1 atom stereocenters. The summed E-state index contributed by atoms with van der Waals surface area (Å²) in [4.78, 5) is 0. The van der Waals surface area contributed by atoms with Crippen molar-refractivity contribution in [1.29, 1.82) is 0 Å². The molecule has 1 N–H and O–H groups in total. The predicted molar refractivity (Wildman–Crippen MR) is 59.2 cm³/mol. The summed E-state index contributed by atoms with van der Waals surface area (Å²) < 4.78 is 3.29. The van der Waals surface area contributed by atoms with Crippen LogP contribution in [0.2, 0.25) is 0 Å². The lowest BCUT2D eigenvalue weighted by Crippen LogP contribution is -1.91. The Bertz CT molecular complexity index is 503. The summed E-state index contributed by atoms with van der Waals surface area (Å²) >= 11 is 3.45. The van der Waals surface area contributed by atoms with Crippen molar-refractivity contribution in [3.8, 4) is 0 Å². The maximum absolute atomic E-state index is 9.72. The molecule has 1 aromatic heterocycles. The van der Waals surface area contributed by atoms with Gasteiger partial charge in [-0.05, 0) is 30.7 Å². The molecular formula is C11H10BrNO. The van der Waals surface area contributed by atoms with E-state index in [-0.39, 0.29) is 6.10 Å². The van der Waals surface area contributed by atoms with Crippen LogP contribution in [-0.2, 0) is 6.54 Å². The van der Waals surface area contributed by atoms with E-state index in [2.05, 4.69) is 38.7 Å². The molecule has 0 radical (unpaired) electrons. The fourth-order valence-corrected chi connectivity index (χ4v) is 2.57. The molecule has 2 heterocycles. The Hall–Kier alpha value is -0.800. The number of aromatic nitrogens is 1. The van der Waals surface area contributed by atoms with Gasteiger partial charge in [0, 0.05) is 27.6 Å². The molecule has 0 bridgehead atoms. The van der Waals surface area contributed by atoms with E-state index in [1.54, 1.807) is 0 Å². The van der Waals surface area contributed by atoms with E-state index >= 15 is 0 Å². The van der Waals surface area contributed by atoms with E-state index in [0.717, 1.165) is 23.1 Å². The van der Waals surface area contributed by atoms with Crippen molar-refractivity contribution >= 4 is 26.8 Å². The highest BCUT2D eigenvalue weighted by molar-refractivity contribution is 9.10. The molecule has 3 rings (SSSR count). The Morgan fingerprint density at radius 2 is 2.21 bits per heavy atom. The Kier molecular flexibility index (Phi) is 1.73. The molecule has 1 aliphatic rings. The van der Waals surface area contributed by atoms with Crippen LogP contribution in [0.5, 0.6) is 0 Å². The maximum Gasteiger partial charge on any atom is 0.0957 e. The second-order valence-corrected chi connectivity index (χ2v) is 4.64. The van der Waals surface area contributed by atoms with Gasteiger partial charge in [-0.2, -0.15) is 0 Å². The molecule has 0 saturated heterocycles. The van der Waals surface area contributed by atoms with Gasteiger partial charge >= 0.3 is 0 Å². The van der Waals surface area contributed by atoms with Gasteiger partial charge in [-0.3, -0.25) is 0 Å². The third kappa shape index (κ3) is 1.06. The zero-order chi connectivity index (χ0) is 9.71. The van der Waals surface area contributed by atoms with E-state index in [0.29, 0.717) is 0 Å². The van der Waals surface area contributed by atoms with E-state index in [1.165, 1.54) is 10.9 Å². The molecule has 0 spiro atoms. The number of halogens is 1. The van der Waals surface area contributed by atoms with Crippen LogP contribution in [-0.4, -0.2) is 9.67 Å². The summed E-state index contributed by atoms with van der Waals surface area (Å²) in [5.41, 5.74) is 2.28. The first-order valence-electron chi connectivity index (χ1n) is 4.72. The van der Waals surface area contributed by atoms with Gasteiger partial charge in [-0.1, -0.05) is 15.9 Å². The van der Waals surface area contributed by atoms with Gasteiger partial charge < -0.3 is 9.67 Å². The first-order chi connectivity index (χ1) is 6.75. The quantitative estimate of drug-likeness (QED) is 0.766. The molecule has 1 aromatic carbocycles.